The Balaban J connectivity index is 1.52. The monoisotopic (exact) mass is 448 g/mol. The molecule has 142 valence electrons. The summed E-state index contributed by atoms with van der Waals surface area (Å²) in [5.74, 6) is -0.442. The Morgan fingerprint density at radius 1 is 1.14 bits per heavy atom. The molecule has 0 saturated heterocycles. The Morgan fingerprint density at radius 3 is 2.86 bits per heavy atom. The maximum Gasteiger partial charge on any atom is 0.237 e. The highest BCUT2D eigenvalue weighted by Gasteiger charge is 2.21. The van der Waals surface area contributed by atoms with Gasteiger partial charge < -0.3 is 20.2 Å². The molecule has 0 unspecified atom stereocenters. The van der Waals surface area contributed by atoms with E-state index >= 15 is 0 Å². The number of aliphatic imine (C=N–C) groups is 1. The average molecular weight is 449 g/mol. The van der Waals surface area contributed by atoms with Crippen molar-refractivity contribution < 1.29 is 15.0 Å². The van der Waals surface area contributed by atoms with Crippen LogP contribution in [0.1, 0.15) is 27.4 Å². The fraction of sp³-hybridized carbons (Fsp3) is 0. The van der Waals surface area contributed by atoms with Crippen LogP contribution in [0.5, 0.6) is 11.6 Å². The minimum Gasteiger partial charge on any atom is -0.508 e. The number of rotatable bonds is 3. The number of aromatic nitrogens is 3. The van der Waals surface area contributed by atoms with Crippen LogP contribution in [0.4, 0.5) is 5.69 Å². The lowest BCUT2D eigenvalue weighted by Crippen LogP contribution is -2.02. The molecule has 0 aliphatic carbocycles. The van der Waals surface area contributed by atoms with Crippen LogP contribution >= 0.6 is 15.9 Å². The van der Waals surface area contributed by atoms with E-state index in [1.807, 2.05) is 18.2 Å². The van der Waals surface area contributed by atoms with E-state index in [0.29, 0.717) is 16.9 Å². The zero-order chi connectivity index (χ0) is 20.1. The van der Waals surface area contributed by atoms with E-state index < -0.39 is 0 Å². The van der Waals surface area contributed by atoms with Crippen LogP contribution in [0.25, 0.3) is 22.6 Å². The first kappa shape index (κ1) is 17.4. The van der Waals surface area contributed by atoms with Crippen LogP contribution in [-0.2, 0) is 0 Å². The Kier molecular flexibility index (Phi) is 3.88. The minimum absolute atomic E-state index is 0.0380. The summed E-state index contributed by atoms with van der Waals surface area (Å²) in [6.07, 6.45) is 4.92. The molecule has 0 spiro atoms. The van der Waals surface area contributed by atoms with Crippen molar-refractivity contribution in [2.24, 2.45) is 4.99 Å². The number of allylic oxidation sites excluding steroid dienone is 1. The van der Waals surface area contributed by atoms with Crippen molar-refractivity contribution in [3.05, 3.63) is 69.7 Å². The Hall–Kier alpha value is -3.65. The van der Waals surface area contributed by atoms with Crippen molar-refractivity contribution in [2.45, 2.75) is 0 Å². The Bertz CT molecular complexity index is 1360. The maximum atomic E-state index is 13.0. The van der Waals surface area contributed by atoms with Crippen LogP contribution in [0.3, 0.4) is 0 Å². The number of carbonyl (C=O) groups excluding carboxylic acids is 1. The number of H-pyrrole nitrogens is 2. The quantitative estimate of drug-likeness (QED) is 0.344. The fourth-order valence-corrected chi connectivity index (χ4v) is 3.71. The van der Waals surface area contributed by atoms with Gasteiger partial charge in [-0.2, -0.15) is 4.98 Å². The number of imidazole rings is 1. The first-order valence-electron chi connectivity index (χ1n) is 8.69. The second-order valence-corrected chi connectivity index (χ2v) is 7.52. The molecule has 0 radical (unpaired) electrons. The van der Waals surface area contributed by atoms with Crippen molar-refractivity contribution in [3.63, 3.8) is 0 Å². The standard InChI is InChI=1S/C21H13BrN4O3/c22-11-1-4-16-14(6-11)15(9-24-16)19(28)20-25-18(21(29)26-20)5-10-8-23-17-7-12(27)2-3-13(10)17/h1-9,24,27,29H,(H,25,26)/b10-5-. The SMILES string of the molecule is O=C(c1nc(O)c(/C=C2/C=Nc3cc(O)ccc32)[nH]1)c1c[nH]c2ccc(Br)cc12. The van der Waals surface area contributed by atoms with Gasteiger partial charge in [0, 0.05) is 45.0 Å². The highest BCUT2D eigenvalue weighted by molar-refractivity contribution is 9.10. The smallest absolute Gasteiger partial charge is 0.237 e. The molecular formula is C21H13BrN4O3. The molecule has 3 heterocycles. The predicted octanol–water partition coefficient (Wildman–Crippen LogP) is 4.55. The van der Waals surface area contributed by atoms with Gasteiger partial charge in [-0.3, -0.25) is 9.79 Å². The van der Waals surface area contributed by atoms with Gasteiger partial charge in [-0.05, 0) is 36.4 Å². The lowest BCUT2D eigenvalue weighted by molar-refractivity contribution is 0.103. The van der Waals surface area contributed by atoms with E-state index in [0.717, 1.165) is 26.5 Å². The van der Waals surface area contributed by atoms with E-state index in [2.05, 4.69) is 35.9 Å². The minimum atomic E-state index is -0.334. The van der Waals surface area contributed by atoms with Crippen LogP contribution in [0.15, 0.2) is 52.1 Å². The molecule has 5 rings (SSSR count). The van der Waals surface area contributed by atoms with Gasteiger partial charge in [-0.15, -0.1) is 0 Å². The van der Waals surface area contributed by atoms with Crippen molar-refractivity contribution in [2.75, 3.05) is 0 Å². The largest absolute Gasteiger partial charge is 0.508 e. The van der Waals surface area contributed by atoms with Gasteiger partial charge in [-0.1, -0.05) is 15.9 Å². The third-order valence-electron chi connectivity index (χ3n) is 4.75. The van der Waals surface area contributed by atoms with Crippen molar-refractivity contribution >= 4 is 56.2 Å². The molecule has 4 N–H and O–H groups in total. The molecule has 1 aliphatic rings. The number of hydrogen-bond acceptors (Lipinski definition) is 5. The van der Waals surface area contributed by atoms with E-state index in [1.54, 1.807) is 36.7 Å². The number of benzene rings is 2. The Morgan fingerprint density at radius 2 is 2.00 bits per heavy atom. The van der Waals surface area contributed by atoms with Gasteiger partial charge in [0.15, 0.2) is 5.82 Å². The number of aromatic hydroxyl groups is 2. The molecule has 2 aromatic carbocycles. The Labute approximate surface area is 172 Å². The number of phenols is 1. The van der Waals surface area contributed by atoms with E-state index in [-0.39, 0.29) is 23.2 Å². The molecule has 2 aromatic heterocycles. The third kappa shape index (κ3) is 2.94. The molecule has 0 saturated carbocycles. The van der Waals surface area contributed by atoms with Gasteiger partial charge in [0.2, 0.25) is 11.7 Å². The zero-order valence-corrected chi connectivity index (χ0v) is 16.4. The van der Waals surface area contributed by atoms with Gasteiger partial charge >= 0.3 is 0 Å². The summed E-state index contributed by atoms with van der Waals surface area (Å²) in [7, 11) is 0. The summed E-state index contributed by atoms with van der Waals surface area (Å²) in [6.45, 7) is 0. The van der Waals surface area contributed by atoms with Crippen LogP contribution in [0.2, 0.25) is 0 Å². The molecule has 7 nitrogen and oxygen atoms in total. The number of ketones is 1. The zero-order valence-electron chi connectivity index (χ0n) is 14.8. The number of carbonyl (C=O) groups is 1. The second-order valence-electron chi connectivity index (χ2n) is 6.60. The number of nitrogens with one attached hydrogen (secondary N) is 2. The highest BCUT2D eigenvalue weighted by Crippen LogP contribution is 2.35. The molecule has 8 heteroatoms. The average Bonchev–Trinajstić information content (AvgIpc) is 3.39. The van der Waals surface area contributed by atoms with Crippen molar-refractivity contribution in [3.8, 4) is 11.6 Å². The maximum absolute atomic E-state index is 13.0. The number of aromatic amines is 2. The number of fused-ring (bicyclic) bond motifs is 2. The number of halogens is 1. The highest BCUT2D eigenvalue weighted by atomic mass is 79.9. The summed E-state index contributed by atoms with van der Waals surface area (Å²) in [6, 6.07) is 10.5. The molecule has 1 aliphatic heterocycles. The van der Waals surface area contributed by atoms with Crippen LogP contribution < -0.4 is 0 Å². The summed E-state index contributed by atoms with van der Waals surface area (Å²) >= 11 is 3.41. The second kappa shape index (κ2) is 6.46. The van der Waals surface area contributed by atoms with E-state index in [1.165, 1.54) is 0 Å². The van der Waals surface area contributed by atoms with Crippen LogP contribution in [0, 0.1) is 0 Å². The van der Waals surface area contributed by atoms with Crippen molar-refractivity contribution in [1.29, 1.82) is 0 Å². The summed E-state index contributed by atoms with van der Waals surface area (Å²) in [5.41, 5.74) is 3.77. The number of hydrogen-bond donors (Lipinski definition) is 4. The van der Waals surface area contributed by atoms with Gasteiger partial charge in [0.05, 0.1) is 11.3 Å². The molecule has 0 fully saturated rings. The topological polar surface area (TPSA) is 114 Å². The molecular weight excluding hydrogens is 436 g/mol. The number of phenolic OH excluding ortho intramolecular Hbond substituents is 1. The van der Waals surface area contributed by atoms with Crippen molar-refractivity contribution in [1.82, 2.24) is 15.0 Å². The van der Waals surface area contributed by atoms with Gasteiger partial charge in [0.25, 0.3) is 0 Å². The molecule has 0 atom stereocenters. The fourth-order valence-electron chi connectivity index (χ4n) is 3.34. The summed E-state index contributed by atoms with van der Waals surface area (Å²) < 4.78 is 0.858. The number of nitrogens with zero attached hydrogens (tertiary/aromatic N) is 2. The molecule has 4 aromatic rings. The van der Waals surface area contributed by atoms with Gasteiger partial charge in [-0.25, -0.2) is 0 Å². The first-order valence-corrected chi connectivity index (χ1v) is 9.48. The van der Waals surface area contributed by atoms with Gasteiger partial charge in [0.1, 0.15) is 11.4 Å². The van der Waals surface area contributed by atoms with E-state index in [9.17, 15) is 15.0 Å². The lowest BCUT2D eigenvalue weighted by atomic mass is 10.1. The predicted molar refractivity (Wildman–Crippen MR) is 114 cm³/mol. The molecule has 0 bridgehead atoms. The van der Waals surface area contributed by atoms with E-state index in [4.69, 9.17) is 0 Å². The normalized spacial score (nSPS) is 14.0. The van der Waals surface area contributed by atoms with Crippen LogP contribution in [-0.4, -0.2) is 37.2 Å². The summed E-state index contributed by atoms with van der Waals surface area (Å²) in [4.78, 5) is 27.2. The summed E-state index contributed by atoms with van der Waals surface area (Å²) in [5, 5.41) is 20.6. The molecule has 29 heavy (non-hydrogen) atoms. The first-order chi connectivity index (χ1) is 14.0. The third-order valence-corrected chi connectivity index (χ3v) is 5.24. The molecule has 0 amide bonds. The lowest BCUT2D eigenvalue weighted by Gasteiger charge is -2.00.